The summed E-state index contributed by atoms with van der Waals surface area (Å²) in [6.45, 7) is 9.80. The summed E-state index contributed by atoms with van der Waals surface area (Å²) in [4.78, 5) is 23.0. The van der Waals surface area contributed by atoms with E-state index in [1.54, 1.807) is 11.0 Å². The van der Waals surface area contributed by atoms with E-state index < -0.39 is 17.5 Å². The highest BCUT2D eigenvalue weighted by atomic mass is 19.1. The summed E-state index contributed by atoms with van der Waals surface area (Å²) in [6.07, 6.45) is 2.85. The molecule has 3 aliphatic rings. The lowest BCUT2D eigenvalue weighted by molar-refractivity contribution is -0.163. The minimum Gasteiger partial charge on any atom is -0.487 e. The molecule has 2 fully saturated rings. The molecule has 1 saturated carbocycles. The maximum Gasteiger partial charge on any atom is 0.410 e. The highest BCUT2D eigenvalue weighted by molar-refractivity contribution is 5.86. The van der Waals surface area contributed by atoms with Crippen molar-refractivity contribution in [3.63, 3.8) is 0 Å². The Morgan fingerprint density at radius 3 is 2.69 bits per heavy atom. The summed E-state index contributed by atoms with van der Waals surface area (Å²) >= 11 is 0. The lowest BCUT2D eigenvalue weighted by Crippen LogP contribution is -2.40. The van der Waals surface area contributed by atoms with Crippen molar-refractivity contribution in [2.75, 3.05) is 12.3 Å². The molecule has 208 valence electrons. The molecule has 1 saturated heterocycles. The van der Waals surface area contributed by atoms with Gasteiger partial charge in [-0.3, -0.25) is 0 Å². The van der Waals surface area contributed by atoms with Gasteiger partial charge in [-0.1, -0.05) is 0 Å². The van der Waals surface area contributed by atoms with E-state index in [0.29, 0.717) is 47.7 Å². The van der Waals surface area contributed by atoms with E-state index >= 15 is 0 Å². The number of aromatic nitrogens is 3. The predicted octanol–water partition coefficient (Wildman–Crippen LogP) is 4.36. The number of rotatable bonds is 3. The number of nitrogen functional groups attached to an aromatic ring is 1. The van der Waals surface area contributed by atoms with Crippen molar-refractivity contribution < 1.29 is 28.1 Å². The van der Waals surface area contributed by atoms with Crippen molar-refractivity contribution in [1.29, 1.82) is 0 Å². The van der Waals surface area contributed by atoms with Crippen LogP contribution in [-0.2, 0) is 27.2 Å². The monoisotopic (exact) mass is 539 g/mol. The molecule has 10 nitrogen and oxygen atoms in total. The fraction of sp³-hybridized carbons (Fsp3) is 0.536. The van der Waals surface area contributed by atoms with E-state index in [1.165, 1.54) is 12.4 Å². The number of benzene rings is 1. The number of hydrogen-bond donors (Lipinski definition) is 1. The summed E-state index contributed by atoms with van der Waals surface area (Å²) in [5.74, 6) is -0.165. The molecular formula is C28H34FN5O5. The van der Waals surface area contributed by atoms with Crippen LogP contribution in [0.15, 0.2) is 30.7 Å². The van der Waals surface area contributed by atoms with Gasteiger partial charge in [-0.05, 0) is 64.8 Å². The molecule has 0 bridgehead atoms. The van der Waals surface area contributed by atoms with Crippen LogP contribution in [0.2, 0.25) is 0 Å². The number of halogens is 1. The van der Waals surface area contributed by atoms with Crippen molar-refractivity contribution >= 4 is 22.9 Å². The van der Waals surface area contributed by atoms with Gasteiger partial charge in [-0.2, -0.15) is 0 Å². The molecule has 2 aromatic heterocycles. The van der Waals surface area contributed by atoms with Crippen molar-refractivity contribution in [2.24, 2.45) is 0 Å². The Hall–Kier alpha value is -3.44. The summed E-state index contributed by atoms with van der Waals surface area (Å²) < 4.78 is 41.8. The Kier molecular flexibility index (Phi) is 5.99. The summed E-state index contributed by atoms with van der Waals surface area (Å²) in [5, 5.41) is 0.770. The first-order valence-electron chi connectivity index (χ1n) is 13.3. The first kappa shape index (κ1) is 25.8. The standard InChI is InChI=1S/C28H34FN5O5/c1-27(2,3)39-26(35)33-10-8-15-17(13-33)20(7-6-18(15)29)36-21-12-19(22-23(21)38-28(4,5)37-22)34-11-9-16-24(30)31-14-32-25(16)34/h6-7,9,11,14,19,21-23H,8,10,12-13H2,1-5H3,(H2,30,31,32)/t19-,21+,22+,23-/m1/s1. The fourth-order valence-corrected chi connectivity index (χ4v) is 5.91. The zero-order valence-electron chi connectivity index (χ0n) is 22.8. The molecule has 0 unspecified atom stereocenters. The van der Waals surface area contributed by atoms with Gasteiger partial charge in [0.1, 0.15) is 53.3 Å². The van der Waals surface area contributed by atoms with Gasteiger partial charge in [0, 0.05) is 24.7 Å². The van der Waals surface area contributed by atoms with Crippen LogP contribution >= 0.6 is 0 Å². The Bertz CT molecular complexity index is 1430. The number of nitrogens with two attached hydrogens (primary N) is 1. The number of amides is 1. The van der Waals surface area contributed by atoms with Crippen LogP contribution < -0.4 is 10.5 Å². The first-order valence-corrected chi connectivity index (χ1v) is 13.3. The molecule has 4 atom stereocenters. The number of fused-ring (bicyclic) bond motifs is 3. The zero-order valence-corrected chi connectivity index (χ0v) is 22.8. The van der Waals surface area contributed by atoms with Crippen molar-refractivity contribution in [2.45, 2.75) is 89.7 Å². The van der Waals surface area contributed by atoms with Gasteiger partial charge in [0.15, 0.2) is 5.79 Å². The molecule has 6 rings (SSSR count). The zero-order chi connectivity index (χ0) is 27.7. The number of carbonyl (C=O) groups is 1. The van der Waals surface area contributed by atoms with E-state index in [-0.39, 0.29) is 36.7 Å². The number of nitrogens with zero attached hydrogens (tertiary/aromatic N) is 4. The van der Waals surface area contributed by atoms with Gasteiger partial charge in [-0.25, -0.2) is 19.2 Å². The van der Waals surface area contributed by atoms with E-state index in [2.05, 4.69) is 9.97 Å². The van der Waals surface area contributed by atoms with Crippen molar-refractivity contribution in [3.8, 4) is 5.75 Å². The Balaban J connectivity index is 1.31. The van der Waals surface area contributed by atoms with Gasteiger partial charge < -0.3 is 34.1 Å². The number of ether oxygens (including phenoxy) is 4. The van der Waals surface area contributed by atoms with E-state index in [0.717, 1.165) is 5.39 Å². The third-order valence-corrected chi connectivity index (χ3v) is 7.52. The van der Waals surface area contributed by atoms with Crippen LogP contribution in [0.4, 0.5) is 15.0 Å². The summed E-state index contributed by atoms with van der Waals surface area (Å²) in [5.41, 5.74) is 7.38. The van der Waals surface area contributed by atoms with Crippen LogP contribution in [0.5, 0.6) is 5.75 Å². The normalized spacial score (nSPS) is 25.9. The second-order valence-corrected chi connectivity index (χ2v) is 11.9. The Labute approximate surface area is 226 Å². The SMILES string of the molecule is CC(C)(C)OC(=O)N1CCc2c(F)ccc(O[C@H]3C[C@@H](n4ccc5c(N)ncnc54)[C@@H]4OC(C)(C)O[C@@H]43)c2C1. The second kappa shape index (κ2) is 9.06. The lowest BCUT2D eigenvalue weighted by atomic mass is 9.98. The maximum absolute atomic E-state index is 14.8. The quantitative estimate of drug-likeness (QED) is 0.522. The Morgan fingerprint density at radius 1 is 1.15 bits per heavy atom. The highest BCUT2D eigenvalue weighted by Gasteiger charge is 2.56. The summed E-state index contributed by atoms with van der Waals surface area (Å²) in [7, 11) is 0. The average molecular weight is 540 g/mol. The van der Waals surface area contributed by atoms with Gasteiger partial charge in [-0.15, -0.1) is 0 Å². The second-order valence-electron chi connectivity index (χ2n) is 11.9. The van der Waals surface area contributed by atoms with Crippen LogP contribution in [0.3, 0.4) is 0 Å². The third kappa shape index (κ3) is 4.67. The molecule has 11 heteroatoms. The van der Waals surface area contributed by atoms with Crippen molar-refractivity contribution in [3.05, 3.63) is 47.7 Å². The van der Waals surface area contributed by atoms with Gasteiger partial charge in [0.05, 0.1) is 18.0 Å². The molecule has 0 spiro atoms. The minimum absolute atomic E-state index is 0.136. The van der Waals surface area contributed by atoms with Crippen molar-refractivity contribution in [1.82, 2.24) is 19.4 Å². The van der Waals surface area contributed by atoms with Crippen LogP contribution in [0, 0.1) is 5.82 Å². The average Bonchev–Trinajstić information content (AvgIpc) is 3.51. The predicted molar refractivity (Wildman–Crippen MR) is 141 cm³/mol. The molecule has 2 aliphatic heterocycles. The smallest absolute Gasteiger partial charge is 0.410 e. The first-order chi connectivity index (χ1) is 18.4. The number of carbonyl (C=O) groups excluding carboxylic acids is 1. The Morgan fingerprint density at radius 2 is 1.92 bits per heavy atom. The number of hydrogen-bond acceptors (Lipinski definition) is 8. The van der Waals surface area contributed by atoms with E-state index in [1.807, 2.05) is 51.4 Å². The highest BCUT2D eigenvalue weighted by Crippen LogP contribution is 2.47. The summed E-state index contributed by atoms with van der Waals surface area (Å²) in [6, 6.07) is 4.82. The minimum atomic E-state index is -0.803. The molecule has 2 N–H and O–H groups in total. The molecule has 39 heavy (non-hydrogen) atoms. The van der Waals surface area contributed by atoms with Gasteiger partial charge in [0.25, 0.3) is 0 Å². The van der Waals surface area contributed by atoms with E-state index in [4.69, 9.17) is 24.7 Å². The maximum atomic E-state index is 14.8. The molecule has 1 aromatic carbocycles. The third-order valence-electron chi connectivity index (χ3n) is 7.52. The van der Waals surface area contributed by atoms with E-state index in [9.17, 15) is 9.18 Å². The van der Waals surface area contributed by atoms with Gasteiger partial charge in [0.2, 0.25) is 0 Å². The largest absolute Gasteiger partial charge is 0.487 e. The lowest BCUT2D eigenvalue weighted by Gasteiger charge is -2.33. The van der Waals surface area contributed by atoms with Crippen LogP contribution in [0.1, 0.15) is 58.2 Å². The molecule has 3 aromatic rings. The van der Waals surface area contributed by atoms with Crippen LogP contribution in [0.25, 0.3) is 11.0 Å². The van der Waals surface area contributed by atoms with Crippen LogP contribution in [-0.4, -0.2) is 61.8 Å². The number of anilines is 1. The molecule has 4 heterocycles. The molecule has 1 aliphatic carbocycles. The fourth-order valence-electron chi connectivity index (χ4n) is 5.91. The molecular weight excluding hydrogens is 505 g/mol. The topological polar surface area (TPSA) is 114 Å². The molecule has 1 amide bonds. The molecule has 0 radical (unpaired) electrons. The van der Waals surface area contributed by atoms with Gasteiger partial charge >= 0.3 is 6.09 Å².